The normalized spacial score (nSPS) is 12.4. The van der Waals surface area contributed by atoms with Gasteiger partial charge in [-0.2, -0.15) is 0 Å². The van der Waals surface area contributed by atoms with Crippen molar-refractivity contribution in [1.29, 1.82) is 0 Å². The Morgan fingerprint density at radius 3 is 2.33 bits per heavy atom. The van der Waals surface area contributed by atoms with Crippen molar-refractivity contribution in [2.75, 3.05) is 6.54 Å². The zero-order valence-electron chi connectivity index (χ0n) is 9.94. The third-order valence-electron chi connectivity index (χ3n) is 3.04. The standard InChI is InChI=1S/C15H15Cl2N/c16-14-7-6-12(15(17)9-14)8-13(10-18)11-4-2-1-3-5-11/h1-7,9,13H,8,10,18H2. The molecule has 0 spiro atoms. The van der Waals surface area contributed by atoms with Crippen LogP contribution in [0.1, 0.15) is 17.0 Å². The first-order valence-electron chi connectivity index (χ1n) is 5.89. The van der Waals surface area contributed by atoms with E-state index in [1.165, 1.54) is 5.56 Å². The van der Waals surface area contributed by atoms with Gasteiger partial charge in [-0.15, -0.1) is 0 Å². The van der Waals surface area contributed by atoms with Gasteiger partial charge in [-0.3, -0.25) is 0 Å². The number of hydrogen-bond donors (Lipinski definition) is 1. The Kier molecular flexibility index (Phi) is 4.65. The van der Waals surface area contributed by atoms with Gasteiger partial charge in [-0.25, -0.2) is 0 Å². The largest absolute Gasteiger partial charge is 0.330 e. The van der Waals surface area contributed by atoms with Crippen LogP contribution in [0.25, 0.3) is 0 Å². The molecule has 0 aliphatic rings. The van der Waals surface area contributed by atoms with Crippen molar-refractivity contribution in [3.8, 4) is 0 Å². The summed E-state index contributed by atoms with van der Waals surface area (Å²) in [5.74, 6) is 0.282. The molecule has 2 N–H and O–H groups in total. The molecule has 0 saturated carbocycles. The Morgan fingerprint density at radius 1 is 1.00 bits per heavy atom. The van der Waals surface area contributed by atoms with Crippen LogP contribution in [-0.4, -0.2) is 6.54 Å². The Bertz CT molecular complexity index is 511. The molecule has 1 atom stereocenters. The van der Waals surface area contributed by atoms with Gasteiger partial charge in [0.05, 0.1) is 0 Å². The monoisotopic (exact) mass is 279 g/mol. The van der Waals surface area contributed by atoms with E-state index in [0.29, 0.717) is 16.6 Å². The van der Waals surface area contributed by atoms with Crippen molar-refractivity contribution in [2.24, 2.45) is 5.73 Å². The van der Waals surface area contributed by atoms with Crippen molar-refractivity contribution < 1.29 is 0 Å². The summed E-state index contributed by atoms with van der Waals surface area (Å²) in [6.07, 6.45) is 0.830. The quantitative estimate of drug-likeness (QED) is 0.888. The van der Waals surface area contributed by atoms with Gasteiger partial charge in [0.15, 0.2) is 0 Å². The lowest BCUT2D eigenvalue weighted by Crippen LogP contribution is -2.15. The highest BCUT2D eigenvalue weighted by Gasteiger charge is 2.12. The lowest BCUT2D eigenvalue weighted by Gasteiger charge is -2.16. The van der Waals surface area contributed by atoms with Crippen LogP contribution in [0.3, 0.4) is 0 Å². The average Bonchev–Trinajstić information content (AvgIpc) is 2.39. The molecule has 0 heterocycles. The van der Waals surface area contributed by atoms with E-state index in [2.05, 4.69) is 12.1 Å². The first-order chi connectivity index (χ1) is 8.70. The van der Waals surface area contributed by atoms with E-state index >= 15 is 0 Å². The minimum Gasteiger partial charge on any atom is -0.330 e. The van der Waals surface area contributed by atoms with Crippen molar-refractivity contribution in [3.63, 3.8) is 0 Å². The van der Waals surface area contributed by atoms with Crippen molar-refractivity contribution in [2.45, 2.75) is 12.3 Å². The molecule has 0 radical (unpaired) electrons. The Balaban J connectivity index is 2.21. The predicted octanol–water partition coefficient (Wildman–Crippen LogP) is 4.28. The van der Waals surface area contributed by atoms with Gasteiger partial charge < -0.3 is 5.73 Å². The molecule has 3 heteroatoms. The average molecular weight is 280 g/mol. The smallest absolute Gasteiger partial charge is 0.0453 e. The second-order valence-electron chi connectivity index (χ2n) is 4.28. The highest BCUT2D eigenvalue weighted by atomic mass is 35.5. The Labute approximate surface area is 118 Å². The molecule has 0 fully saturated rings. The van der Waals surface area contributed by atoms with E-state index in [9.17, 15) is 0 Å². The maximum Gasteiger partial charge on any atom is 0.0453 e. The summed E-state index contributed by atoms with van der Waals surface area (Å²) in [6, 6.07) is 15.9. The number of benzene rings is 2. The predicted molar refractivity (Wildman–Crippen MR) is 78.4 cm³/mol. The summed E-state index contributed by atoms with van der Waals surface area (Å²) < 4.78 is 0. The van der Waals surface area contributed by atoms with E-state index in [1.807, 2.05) is 30.3 Å². The molecule has 0 bridgehead atoms. The molecule has 0 aromatic heterocycles. The fourth-order valence-electron chi connectivity index (χ4n) is 2.02. The molecule has 94 valence electrons. The van der Waals surface area contributed by atoms with Crippen molar-refractivity contribution >= 4 is 23.2 Å². The third-order valence-corrected chi connectivity index (χ3v) is 3.62. The van der Waals surface area contributed by atoms with Crippen LogP contribution in [-0.2, 0) is 6.42 Å². The van der Waals surface area contributed by atoms with Gasteiger partial charge in [0.1, 0.15) is 0 Å². The molecular formula is C15H15Cl2N. The molecule has 1 unspecified atom stereocenters. The van der Waals surface area contributed by atoms with Crippen LogP contribution in [0.5, 0.6) is 0 Å². The first kappa shape index (κ1) is 13.4. The minimum atomic E-state index is 0.282. The molecule has 0 amide bonds. The van der Waals surface area contributed by atoms with Gasteiger partial charge in [-0.1, -0.05) is 59.6 Å². The van der Waals surface area contributed by atoms with Gasteiger partial charge in [0.25, 0.3) is 0 Å². The molecule has 0 aliphatic heterocycles. The summed E-state index contributed by atoms with van der Waals surface area (Å²) >= 11 is 12.1. The lowest BCUT2D eigenvalue weighted by molar-refractivity contribution is 0.694. The molecule has 2 rings (SSSR count). The number of nitrogens with two attached hydrogens (primary N) is 1. The van der Waals surface area contributed by atoms with Gasteiger partial charge in [0.2, 0.25) is 0 Å². The number of halogens is 2. The molecule has 2 aromatic rings. The van der Waals surface area contributed by atoms with E-state index in [-0.39, 0.29) is 5.92 Å². The molecule has 0 aliphatic carbocycles. The van der Waals surface area contributed by atoms with Crippen LogP contribution in [0.2, 0.25) is 10.0 Å². The topological polar surface area (TPSA) is 26.0 Å². The maximum absolute atomic E-state index is 6.19. The second kappa shape index (κ2) is 6.24. The highest BCUT2D eigenvalue weighted by Crippen LogP contribution is 2.26. The molecular weight excluding hydrogens is 265 g/mol. The number of rotatable bonds is 4. The van der Waals surface area contributed by atoms with Crippen molar-refractivity contribution in [1.82, 2.24) is 0 Å². The first-order valence-corrected chi connectivity index (χ1v) is 6.65. The third kappa shape index (κ3) is 3.26. The van der Waals surface area contributed by atoms with Crippen LogP contribution in [0.15, 0.2) is 48.5 Å². The summed E-state index contributed by atoms with van der Waals surface area (Å²) in [5, 5.41) is 1.37. The Morgan fingerprint density at radius 2 is 1.72 bits per heavy atom. The summed E-state index contributed by atoms with van der Waals surface area (Å²) in [5.41, 5.74) is 8.19. The number of hydrogen-bond acceptors (Lipinski definition) is 1. The molecule has 1 nitrogen and oxygen atoms in total. The van der Waals surface area contributed by atoms with E-state index < -0.39 is 0 Å². The van der Waals surface area contributed by atoms with Crippen LogP contribution in [0.4, 0.5) is 0 Å². The molecule has 0 saturated heterocycles. The highest BCUT2D eigenvalue weighted by molar-refractivity contribution is 6.35. The van der Waals surface area contributed by atoms with Crippen molar-refractivity contribution in [3.05, 3.63) is 69.7 Å². The van der Waals surface area contributed by atoms with Crippen LogP contribution in [0, 0.1) is 0 Å². The summed E-state index contributed by atoms with van der Waals surface area (Å²) in [4.78, 5) is 0. The second-order valence-corrected chi connectivity index (χ2v) is 5.13. The van der Waals surface area contributed by atoms with Gasteiger partial charge >= 0.3 is 0 Å². The summed E-state index contributed by atoms with van der Waals surface area (Å²) in [7, 11) is 0. The fourth-order valence-corrected chi connectivity index (χ4v) is 2.50. The maximum atomic E-state index is 6.19. The zero-order valence-corrected chi connectivity index (χ0v) is 11.5. The molecule has 18 heavy (non-hydrogen) atoms. The Hall–Kier alpha value is -1.02. The fraction of sp³-hybridized carbons (Fsp3) is 0.200. The van der Waals surface area contributed by atoms with Gasteiger partial charge in [-0.05, 0) is 36.2 Å². The van der Waals surface area contributed by atoms with E-state index in [1.54, 1.807) is 6.07 Å². The lowest BCUT2D eigenvalue weighted by atomic mass is 9.92. The SMILES string of the molecule is NCC(Cc1ccc(Cl)cc1Cl)c1ccccc1. The van der Waals surface area contributed by atoms with Crippen LogP contribution >= 0.6 is 23.2 Å². The van der Waals surface area contributed by atoms with E-state index in [0.717, 1.165) is 12.0 Å². The minimum absolute atomic E-state index is 0.282. The van der Waals surface area contributed by atoms with Gasteiger partial charge in [0, 0.05) is 16.0 Å². The van der Waals surface area contributed by atoms with E-state index in [4.69, 9.17) is 28.9 Å². The van der Waals surface area contributed by atoms with Crippen LogP contribution < -0.4 is 5.73 Å². The molecule has 2 aromatic carbocycles. The zero-order chi connectivity index (χ0) is 13.0. The summed E-state index contributed by atoms with van der Waals surface area (Å²) in [6.45, 7) is 0.600.